The summed E-state index contributed by atoms with van der Waals surface area (Å²) in [5, 5.41) is 0. The third-order valence-electron chi connectivity index (χ3n) is 4.44. The number of hydrogen-bond donors (Lipinski definition) is 0. The van der Waals surface area contributed by atoms with Gasteiger partial charge in [-0.1, -0.05) is 18.2 Å². The second kappa shape index (κ2) is 9.03. The van der Waals surface area contributed by atoms with Gasteiger partial charge in [-0.2, -0.15) is 0 Å². The molecule has 1 aliphatic heterocycles. The first kappa shape index (κ1) is 19.4. The first-order valence-corrected chi connectivity index (χ1v) is 9.16. The van der Waals surface area contributed by atoms with Crippen LogP contribution in [0, 0.1) is 0 Å². The monoisotopic (exact) mass is 382 g/mol. The molecule has 0 atom stereocenters. The van der Waals surface area contributed by atoms with Crippen molar-refractivity contribution in [3.05, 3.63) is 65.7 Å². The van der Waals surface area contributed by atoms with Gasteiger partial charge >= 0.3 is 6.16 Å². The van der Waals surface area contributed by atoms with Crippen LogP contribution in [0.5, 0.6) is 5.75 Å². The predicted molar refractivity (Wildman–Crippen MR) is 102 cm³/mol. The topological polar surface area (TPSA) is 76.2 Å². The molecule has 0 spiro atoms. The Morgan fingerprint density at radius 1 is 0.786 bits per heavy atom. The Labute approximate surface area is 163 Å². The van der Waals surface area contributed by atoms with Gasteiger partial charge in [-0.3, -0.25) is 9.59 Å². The number of carbonyl (C=O) groups is 3. The average molecular weight is 382 g/mol. The summed E-state index contributed by atoms with van der Waals surface area (Å²) in [6, 6.07) is 15.5. The molecule has 1 fully saturated rings. The first-order chi connectivity index (χ1) is 13.6. The van der Waals surface area contributed by atoms with Gasteiger partial charge in [0.05, 0.1) is 6.61 Å². The molecule has 0 radical (unpaired) electrons. The molecule has 0 aromatic heterocycles. The Bertz CT molecular complexity index is 828. The summed E-state index contributed by atoms with van der Waals surface area (Å²) in [7, 11) is 0. The van der Waals surface area contributed by atoms with Crippen molar-refractivity contribution in [2.75, 3.05) is 32.8 Å². The van der Waals surface area contributed by atoms with E-state index < -0.39 is 6.16 Å². The van der Waals surface area contributed by atoms with Crippen LogP contribution < -0.4 is 4.74 Å². The summed E-state index contributed by atoms with van der Waals surface area (Å²) in [4.78, 5) is 40.0. The van der Waals surface area contributed by atoms with Crippen LogP contribution in [0.2, 0.25) is 0 Å². The van der Waals surface area contributed by atoms with Crippen LogP contribution >= 0.6 is 0 Å². The molecule has 7 heteroatoms. The zero-order valence-corrected chi connectivity index (χ0v) is 15.7. The minimum atomic E-state index is -0.777. The number of hydrogen-bond acceptors (Lipinski definition) is 5. The van der Waals surface area contributed by atoms with Crippen molar-refractivity contribution >= 4 is 18.0 Å². The van der Waals surface area contributed by atoms with E-state index in [4.69, 9.17) is 9.47 Å². The van der Waals surface area contributed by atoms with Crippen LogP contribution in [0.15, 0.2) is 54.6 Å². The maximum Gasteiger partial charge on any atom is 0.513 e. The van der Waals surface area contributed by atoms with E-state index in [1.54, 1.807) is 53.1 Å². The SMILES string of the molecule is CCOC(=O)Oc1ccc(C(=O)N2CCN(C(=O)c3ccccc3)CC2)cc1. The van der Waals surface area contributed by atoms with E-state index in [9.17, 15) is 14.4 Å². The standard InChI is InChI=1S/C21H22N2O5/c1-2-27-21(26)28-18-10-8-17(9-11-18)20(25)23-14-12-22(13-15-23)19(24)16-6-4-3-5-7-16/h3-11H,2,12-15H2,1H3. The van der Waals surface area contributed by atoms with E-state index in [2.05, 4.69) is 0 Å². The smallest absolute Gasteiger partial charge is 0.434 e. The highest BCUT2D eigenvalue weighted by atomic mass is 16.7. The Hall–Kier alpha value is -3.35. The van der Waals surface area contributed by atoms with E-state index in [1.165, 1.54) is 0 Å². The third-order valence-corrected chi connectivity index (χ3v) is 4.44. The van der Waals surface area contributed by atoms with Crippen molar-refractivity contribution in [2.24, 2.45) is 0 Å². The second-order valence-corrected chi connectivity index (χ2v) is 6.26. The molecule has 1 aliphatic rings. The lowest BCUT2D eigenvalue weighted by Crippen LogP contribution is -2.50. The van der Waals surface area contributed by atoms with Crippen molar-refractivity contribution in [3.8, 4) is 5.75 Å². The number of nitrogens with zero attached hydrogens (tertiary/aromatic N) is 2. The summed E-state index contributed by atoms with van der Waals surface area (Å²) < 4.78 is 9.70. The Morgan fingerprint density at radius 3 is 1.79 bits per heavy atom. The van der Waals surface area contributed by atoms with Crippen LogP contribution in [0.1, 0.15) is 27.6 Å². The Kier molecular flexibility index (Phi) is 6.26. The van der Waals surface area contributed by atoms with Crippen molar-refractivity contribution in [3.63, 3.8) is 0 Å². The summed E-state index contributed by atoms with van der Waals surface area (Å²) in [6.07, 6.45) is -0.777. The highest BCUT2D eigenvalue weighted by Crippen LogP contribution is 2.16. The number of piperazine rings is 1. The minimum absolute atomic E-state index is 0.0202. The molecule has 0 saturated carbocycles. The molecule has 2 amide bonds. The van der Waals surface area contributed by atoms with Crippen molar-refractivity contribution in [1.29, 1.82) is 0 Å². The number of benzene rings is 2. The quantitative estimate of drug-likeness (QED) is 0.600. The van der Waals surface area contributed by atoms with Crippen LogP contribution in [0.3, 0.4) is 0 Å². The van der Waals surface area contributed by atoms with E-state index >= 15 is 0 Å². The number of rotatable bonds is 4. The van der Waals surface area contributed by atoms with Crippen LogP contribution in [-0.2, 0) is 4.74 Å². The third kappa shape index (κ3) is 4.68. The summed E-state index contributed by atoms with van der Waals surface area (Å²) >= 11 is 0. The van der Waals surface area contributed by atoms with Gasteiger partial charge in [0.1, 0.15) is 5.75 Å². The van der Waals surface area contributed by atoms with E-state index in [0.29, 0.717) is 43.1 Å². The summed E-state index contributed by atoms with van der Waals surface area (Å²) in [6.45, 7) is 3.84. The normalized spacial score (nSPS) is 13.8. The van der Waals surface area contributed by atoms with E-state index in [0.717, 1.165) is 0 Å². The molecule has 0 N–H and O–H groups in total. The molecular weight excluding hydrogens is 360 g/mol. The number of ether oxygens (including phenoxy) is 2. The fourth-order valence-corrected chi connectivity index (χ4v) is 2.97. The first-order valence-electron chi connectivity index (χ1n) is 9.16. The predicted octanol–water partition coefficient (Wildman–Crippen LogP) is 2.82. The molecule has 1 heterocycles. The molecule has 146 valence electrons. The lowest BCUT2D eigenvalue weighted by Gasteiger charge is -2.34. The summed E-state index contributed by atoms with van der Waals surface area (Å²) in [5.41, 5.74) is 1.15. The zero-order chi connectivity index (χ0) is 19.9. The molecule has 0 aliphatic carbocycles. The molecule has 7 nitrogen and oxygen atoms in total. The molecule has 28 heavy (non-hydrogen) atoms. The zero-order valence-electron chi connectivity index (χ0n) is 15.7. The van der Waals surface area contributed by atoms with Gasteiger partial charge < -0.3 is 19.3 Å². The van der Waals surface area contributed by atoms with Crippen LogP contribution in [0.25, 0.3) is 0 Å². The molecule has 0 unspecified atom stereocenters. The molecule has 2 aromatic carbocycles. The van der Waals surface area contributed by atoms with Crippen molar-refractivity contribution in [2.45, 2.75) is 6.92 Å². The van der Waals surface area contributed by atoms with Gasteiger partial charge in [0, 0.05) is 37.3 Å². The summed E-state index contributed by atoms with van der Waals surface area (Å²) in [5.74, 6) is 0.177. The van der Waals surface area contributed by atoms with E-state index in [-0.39, 0.29) is 18.4 Å². The van der Waals surface area contributed by atoms with Gasteiger partial charge in [0.25, 0.3) is 11.8 Å². The fraction of sp³-hybridized carbons (Fsp3) is 0.286. The second-order valence-electron chi connectivity index (χ2n) is 6.26. The number of carbonyl (C=O) groups excluding carboxylic acids is 3. The average Bonchev–Trinajstić information content (AvgIpc) is 2.74. The Morgan fingerprint density at radius 2 is 1.29 bits per heavy atom. The van der Waals surface area contributed by atoms with Crippen molar-refractivity contribution < 1.29 is 23.9 Å². The highest BCUT2D eigenvalue weighted by Gasteiger charge is 2.25. The maximum atomic E-state index is 12.7. The highest BCUT2D eigenvalue weighted by molar-refractivity contribution is 5.96. The Balaban J connectivity index is 1.55. The van der Waals surface area contributed by atoms with Gasteiger partial charge in [-0.15, -0.1) is 0 Å². The minimum Gasteiger partial charge on any atom is -0.434 e. The molecule has 3 rings (SSSR count). The fourth-order valence-electron chi connectivity index (χ4n) is 2.97. The van der Waals surface area contributed by atoms with Gasteiger partial charge in [-0.05, 0) is 43.3 Å². The van der Waals surface area contributed by atoms with Gasteiger partial charge in [0.2, 0.25) is 0 Å². The number of amides is 2. The van der Waals surface area contributed by atoms with Crippen LogP contribution in [-0.4, -0.2) is 60.6 Å². The largest absolute Gasteiger partial charge is 0.513 e. The van der Waals surface area contributed by atoms with E-state index in [1.807, 2.05) is 18.2 Å². The van der Waals surface area contributed by atoms with Crippen LogP contribution in [0.4, 0.5) is 4.79 Å². The van der Waals surface area contributed by atoms with Gasteiger partial charge in [-0.25, -0.2) is 4.79 Å². The van der Waals surface area contributed by atoms with Gasteiger partial charge in [0.15, 0.2) is 0 Å². The molecule has 2 aromatic rings. The molecular formula is C21H22N2O5. The maximum absolute atomic E-state index is 12.7. The van der Waals surface area contributed by atoms with Crippen molar-refractivity contribution in [1.82, 2.24) is 9.80 Å². The molecule has 1 saturated heterocycles. The lowest BCUT2D eigenvalue weighted by atomic mass is 10.1. The lowest BCUT2D eigenvalue weighted by molar-refractivity contribution is 0.0535. The molecule has 0 bridgehead atoms.